The van der Waals surface area contributed by atoms with Crippen molar-refractivity contribution in [2.24, 2.45) is 0 Å². The average Bonchev–Trinajstić information content (AvgIpc) is 2.49. The van der Waals surface area contributed by atoms with E-state index >= 15 is 0 Å². The molecule has 0 amide bonds. The molecule has 3 rings (SSSR count). The van der Waals surface area contributed by atoms with Gasteiger partial charge in [0, 0.05) is 36.6 Å². The summed E-state index contributed by atoms with van der Waals surface area (Å²) in [7, 11) is 1.84. The van der Waals surface area contributed by atoms with Crippen LogP contribution in [0, 0.1) is 0 Å². The van der Waals surface area contributed by atoms with Gasteiger partial charge >= 0.3 is 0 Å². The van der Waals surface area contributed by atoms with E-state index in [-0.39, 0.29) is 0 Å². The highest BCUT2D eigenvalue weighted by molar-refractivity contribution is 9.10. The molecule has 0 unspecified atom stereocenters. The minimum atomic E-state index is 0.653. The Morgan fingerprint density at radius 1 is 1.25 bits per heavy atom. The summed E-state index contributed by atoms with van der Waals surface area (Å²) in [5.41, 5.74) is 3.25. The van der Waals surface area contributed by atoms with E-state index in [1.165, 1.54) is 0 Å². The van der Waals surface area contributed by atoms with Crippen LogP contribution in [0.1, 0.15) is 11.3 Å². The number of fused-ring (bicyclic) bond motifs is 1. The van der Waals surface area contributed by atoms with Crippen LogP contribution in [-0.2, 0) is 13.0 Å². The maximum Gasteiger partial charge on any atom is 0.224 e. The number of hydrogen-bond acceptors (Lipinski definition) is 5. The largest absolute Gasteiger partial charge is 0.357 e. The fourth-order valence-corrected chi connectivity index (χ4v) is 2.63. The molecule has 5 nitrogen and oxygen atoms in total. The van der Waals surface area contributed by atoms with Crippen LogP contribution in [0.5, 0.6) is 0 Å². The summed E-state index contributed by atoms with van der Waals surface area (Å²) in [5, 5.41) is 9.79. The lowest BCUT2D eigenvalue weighted by Crippen LogP contribution is -2.26. The zero-order valence-electron chi connectivity index (χ0n) is 11.2. The zero-order valence-corrected chi connectivity index (χ0v) is 12.8. The van der Waals surface area contributed by atoms with Crippen LogP contribution in [-0.4, -0.2) is 23.6 Å². The Bertz CT molecular complexity index is 629. The lowest BCUT2D eigenvalue weighted by Gasteiger charge is -2.20. The molecule has 3 N–H and O–H groups in total. The van der Waals surface area contributed by atoms with Gasteiger partial charge in [-0.2, -0.15) is 4.98 Å². The Hall–Kier alpha value is -1.66. The Morgan fingerprint density at radius 3 is 2.90 bits per heavy atom. The van der Waals surface area contributed by atoms with Crippen molar-refractivity contribution in [2.45, 2.75) is 13.0 Å². The lowest BCUT2D eigenvalue weighted by molar-refractivity contribution is 0.628. The number of halogens is 1. The first-order valence-corrected chi connectivity index (χ1v) is 7.37. The summed E-state index contributed by atoms with van der Waals surface area (Å²) in [6.07, 6.45) is 0.928. The molecule has 2 aromatic rings. The maximum atomic E-state index is 4.55. The predicted molar refractivity (Wildman–Crippen MR) is 84.4 cm³/mol. The van der Waals surface area contributed by atoms with Crippen molar-refractivity contribution in [1.29, 1.82) is 0 Å². The predicted octanol–water partition coefficient (Wildman–Crippen LogP) is 2.67. The van der Waals surface area contributed by atoms with Crippen molar-refractivity contribution >= 4 is 33.4 Å². The molecule has 0 fully saturated rings. The molecular formula is C14H16BrN5. The van der Waals surface area contributed by atoms with E-state index in [1.54, 1.807) is 0 Å². The highest BCUT2D eigenvalue weighted by Crippen LogP contribution is 2.28. The van der Waals surface area contributed by atoms with Gasteiger partial charge in [0.25, 0.3) is 0 Å². The van der Waals surface area contributed by atoms with Crippen LogP contribution in [0.3, 0.4) is 0 Å². The SMILES string of the molecule is CNc1nc2c(c(Nc3ccccc3Br)n1)CNCC2. The van der Waals surface area contributed by atoms with Crippen molar-refractivity contribution in [2.75, 3.05) is 24.2 Å². The molecule has 0 atom stereocenters. The van der Waals surface area contributed by atoms with Gasteiger partial charge in [-0.25, -0.2) is 4.98 Å². The number of rotatable bonds is 3. The van der Waals surface area contributed by atoms with Crippen molar-refractivity contribution in [1.82, 2.24) is 15.3 Å². The van der Waals surface area contributed by atoms with Gasteiger partial charge in [-0.15, -0.1) is 0 Å². The molecular weight excluding hydrogens is 318 g/mol. The summed E-state index contributed by atoms with van der Waals surface area (Å²) in [4.78, 5) is 9.09. The molecule has 6 heteroatoms. The number of benzene rings is 1. The van der Waals surface area contributed by atoms with E-state index in [1.807, 2.05) is 31.3 Å². The summed E-state index contributed by atoms with van der Waals surface area (Å²) >= 11 is 3.55. The molecule has 104 valence electrons. The molecule has 1 aliphatic rings. The van der Waals surface area contributed by atoms with Crippen molar-refractivity contribution in [3.63, 3.8) is 0 Å². The monoisotopic (exact) mass is 333 g/mol. The maximum absolute atomic E-state index is 4.55. The second-order valence-corrected chi connectivity index (χ2v) is 5.46. The third-order valence-electron chi connectivity index (χ3n) is 3.28. The number of hydrogen-bond donors (Lipinski definition) is 3. The first kappa shape index (κ1) is 13.3. The minimum absolute atomic E-state index is 0.653. The lowest BCUT2D eigenvalue weighted by atomic mass is 10.1. The topological polar surface area (TPSA) is 61.9 Å². The van der Waals surface area contributed by atoms with Crippen molar-refractivity contribution in [3.8, 4) is 0 Å². The molecule has 20 heavy (non-hydrogen) atoms. The Labute approximate surface area is 126 Å². The molecule has 1 aromatic heterocycles. The van der Waals surface area contributed by atoms with E-state index in [4.69, 9.17) is 0 Å². The van der Waals surface area contributed by atoms with Crippen LogP contribution >= 0.6 is 15.9 Å². The van der Waals surface area contributed by atoms with Crippen LogP contribution in [0.2, 0.25) is 0 Å². The molecule has 0 saturated heterocycles. The molecule has 1 aromatic carbocycles. The van der Waals surface area contributed by atoms with Crippen LogP contribution in [0.4, 0.5) is 17.5 Å². The third-order valence-corrected chi connectivity index (χ3v) is 3.98. The molecule has 0 spiro atoms. The van der Waals surface area contributed by atoms with Gasteiger partial charge in [-0.05, 0) is 28.1 Å². The summed E-state index contributed by atoms with van der Waals surface area (Å²) in [6, 6.07) is 8.02. The third kappa shape index (κ3) is 2.62. The van der Waals surface area contributed by atoms with Crippen LogP contribution < -0.4 is 16.0 Å². The van der Waals surface area contributed by atoms with E-state index in [2.05, 4.69) is 41.8 Å². The van der Waals surface area contributed by atoms with E-state index in [9.17, 15) is 0 Å². The second-order valence-electron chi connectivity index (χ2n) is 4.60. The van der Waals surface area contributed by atoms with E-state index < -0.39 is 0 Å². The highest BCUT2D eigenvalue weighted by Gasteiger charge is 2.17. The van der Waals surface area contributed by atoms with Gasteiger partial charge in [-0.3, -0.25) is 0 Å². The van der Waals surface area contributed by atoms with Gasteiger partial charge in [0.05, 0.1) is 11.4 Å². The fraction of sp³-hybridized carbons (Fsp3) is 0.286. The summed E-state index contributed by atoms with van der Waals surface area (Å²) in [6.45, 7) is 1.76. The number of nitrogens with zero attached hydrogens (tertiary/aromatic N) is 2. The van der Waals surface area contributed by atoms with E-state index in [0.29, 0.717) is 5.95 Å². The van der Waals surface area contributed by atoms with Crippen LogP contribution in [0.25, 0.3) is 0 Å². The average molecular weight is 334 g/mol. The van der Waals surface area contributed by atoms with Gasteiger partial charge < -0.3 is 16.0 Å². The standard InChI is InChI=1S/C14H16BrN5/c1-16-14-19-11-6-7-17-8-9(11)13(20-14)18-12-5-3-2-4-10(12)15/h2-5,17H,6-8H2,1H3,(H2,16,18,19,20). The van der Waals surface area contributed by atoms with Crippen molar-refractivity contribution < 1.29 is 0 Å². The summed E-state index contributed by atoms with van der Waals surface area (Å²) in [5.74, 6) is 1.51. The van der Waals surface area contributed by atoms with E-state index in [0.717, 1.165) is 46.7 Å². The van der Waals surface area contributed by atoms with Gasteiger partial charge in [0.2, 0.25) is 5.95 Å². The second kappa shape index (κ2) is 5.76. The molecule has 0 bridgehead atoms. The molecule has 2 heterocycles. The first-order chi connectivity index (χ1) is 9.78. The molecule has 1 aliphatic heterocycles. The number of nitrogens with one attached hydrogen (secondary N) is 3. The van der Waals surface area contributed by atoms with Gasteiger partial charge in [0.15, 0.2) is 0 Å². The van der Waals surface area contributed by atoms with Gasteiger partial charge in [-0.1, -0.05) is 12.1 Å². The fourth-order valence-electron chi connectivity index (χ4n) is 2.25. The van der Waals surface area contributed by atoms with Crippen LogP contribution in [0.15, 0.2) is 28.7 Å². The number of anilines is 3. The Kier molecular flexibility index (Phi) is 3.84. The molecule has 0 aliphatic carbocycles. The van der Waals surface area contributed by atoms with Gasteiger partial charge in [0.1, 0.15) is 5.82 Å². The summed E-state index contributed by atoms with van der Waals surface area (Å²) < 4.78 is 1.02. The highest BCUT2D eigenvalue weighted by atomic mass is 79.9. The smallest absolute Gasteiger partial charge is 0.224 e. The number of aromatic nitrogens is 2. The number of para-hydroxylation sites is 1. The Morgan fingerprint density at radius 2 is 2.10 bits per heavy atom. The normalized spacial score (nSPS) is 13.7. The minimum Gasteiger partial charge on any atom is -0.357 e. The quantitative estimate of drug-likeness (QED) is 0.806. The molecule has 0 saturated carbocycles. The zero-order chi connectivity index (χ0) is 13.9. The molecule has 0 radical (unpaired) electrons. The first-order valence-electron chi connectivity index (χ1n) is 6.57. The van der Waals surface area contributed by atoms with Crippen molar-refractivity contribution in [3.05, 3.63) is 40.0 Å². The Balaban J connectivity index is 2.02.